The van der Waals surface area contributed by atoms with Gasteiger partial charge in [0.15, 0.2) is 0 Å². The van der Waals surface area contributed by atoms with Crippen LogP contribution >= 0.6 is 11.8 Å². The summed E-state index contributed by atoms with van der Waals surface area (Å²) < 4.78 is 1.74. The van der Waals surface area contributed by atoms with Crippen molar-refractivity contribution in [2.24, 2.45) is 11.5 Å². The Bertz CT molecular complexity index is 968. The molecule has 0 saturated heterocycles. The number of rotatable bonds is 8. The Balaban J connectivity index is 2.29. The highest BCUT2D eigenvalue weighted by atomic mass is 32.2. The number of anilines is 1. The number of para-hydroxylation sites is 1. The minimum absolute atomic E-state index is 0.228. The highest BCUT2D eigenvalue weighted by Crippen LogP contribution is 2.37. The molecule has 160 valence electrons. The zero-order valence-electron chi connectivity index (χ0n) is 18.1. The Kier molecular flexibility index (Phi) is 7.70. The van der Waals surface area contributed by atoms with Gasteiger partial charge in [0.05, 0.1) is 11.2 Å². The molecule has 0 fully saturated rings. The number of aryl methyl sites for hydroxylation is 1. The minimum atomic E-state index is -0.317. The number of carbonyl (C=O) groups excluding carboxylic acids is 1. The molecule has 0 aliphatic heterocycles. The number of hydrogen-bond acceptors (Lipinski definition) is 5. The SMILES string of the molecule is C=CCC(N)/C(=C\N)SC(=C)c1ccccc1NC(=O)c1cc(C)nn1C(C)(C)C. The summed E-state index contributed by atoms with van der Waals surface area (Å²) >= 11 is 1.39. The molecule has 7 heteroatoms. The third kappa shape index (κ3) is 5.64. The van der Waals surface area contributed by atoms with Gasteiger partial charge in [-0.15, -0.1) is 6.58 Å². The fourth-order valence-corrected chi connectivity index (χ4v) is 3.81. The van der Waals surface area contributed by atoms with Gasteiger partial charge in [-0.1, -0.05) is 42.6 Å². The average molecular weight is 426 g/mol. The largest absolute Gasteiger partial charge is 0.404 e. The molecule has 0 aliphatic carbocycles. The van der Waals surface area contributed by atoms with Gasteiger partial charge in [0.1, 0.15) is 5.69 Å². The second-order valence-corrected chi connectivity index (χ2v) is 9.15. The first kappa shape index (κ1) is 23.5. The van der Waals surface area contributed by atoms with Gasteiger partial charge in [-0.2, -0.15) is 5.10 Å². The molecule has 30 heavy (non-hydrogen) atoms. The van der Waals surface area contributed by atoms with Gasteiger partial charge >= 0.3 is 0 Å². The van der Waals surface area contributed by atoms with Crippen LogP contribution in [-0.4, -0.2) is 21.7 Å². The number of benzene rings is 1. The van der Waals surface area contributed by atoms with Crippen LogP contribution in [0, 0.1) is 6.92 Å². The van der Waals surface area contributed by atoms with E-state index in [0.29, 0.717) is 17.8 Å². The third-order valence-corrected chi connectivity index (χ3v) is 5.51. The number of carbonyl (C=O) groups is 1. The highest BCUT2D eigenvalue weighted by Gasteiger charge is 2.23. The summed E-state index contributed by atoms with van der Waals surface area (Å²) in [4.78, 5) is 14.6. The van der Waals surface area contributed by atoms with E-state index in [2.05, 4.69) is 23.6 Å². The van der Waals surface area contributed by atoms with E-state index in [1.807, 2.05) is 52.0 Å². The Hall–Kier alpha value is -2.77. The molecular weight excluding hydrogens is 394 g/mol. The van der Waals surface area contributed by atoms with Gasteiger partial charge in [-0.3, -0.25) is 9.48 Å². The van der Waals surface area contributed by atoms with E-state index >= 15 is 0 Å². The van der Waals surface area contributed by atoms with Crippen molar-refractivity contribution in [1.29, 1.82) is 0 Å². The predicted molar refractivity (Wildman–Crippen MR) is 128 cm³/mol. The molecule has 0 aliphatic rings. The van der Waals surface area contributed by atoms with Crippen LogP contribution in [0.3, 0.4) is 0 Å². The lowest BCUT2D eigenvalue weighted by Gasteiger charge is -2.22. The van der Waals surface area contributed by atoms with E-state index in [0.717, 1.165) is 21.1 Å². The lowest BCUT2D eigenvalue weighted by Crippen LogP contribution is -2.29. The molecule has 5 N–H and O–H groups in total. The molecule has 2 rings (SSSR count). The highest BCUT2D eigenvalue weighted by molar-refractivity contribution is 8.11. The van der Waals surface area contributed by atoms with Crippen LogP contribution in [0.15, 0.2) is 60.7 Å². The standard InChI is InChI=1S/C23H31N5OS/c1-7-10-18(25)21(14-24)30-16(3)17-11-8-9-12-19(17)26-22(29)20-13-15(2)27-28(20)23(4,5)6/h7-9,11-14,18H,1,3,10,24-25H2,2,4-6H3,(H,26,29)/b21-14+. The zero-order chi connectivity index (χ0) is 22.5. The lowest BCUT2D eigenvalue weighted by molar-refractivity contribution is 0.100. The average Bonchev–Trinajstić information content (AvgIpc) is 3.09. The van der Waals surface area contributed by atoms with Crippen molar-refractivity contribution in [1.82, 2.24) is 9.78 Å². The number of nitrogens with one attached hydrogen (secondary N) is 1. The molecule has 1 heterocycles. The van der Waals surface area contributed by atoms with Crippen LogP contribution in [0.25, 0.3) is 4.91 Å². The predicted octanol–water partition coefficient (Wildman–Crippen LogP) is 4.61. The van der Waals surface area contributed by atoms with E-state index in [9.17, 15) is 4.79 Å². The topological polar surface area (TPSA) is 99.0 Å². The second kappa shape index (κ2) is 9.82. The number of thioether (sulfide) groups is 1. The quantitative estimate of drug-likeness (QED) is 0.537. The minimum Gasteiger partial charge on any atom is -0.404 e. The van der Waals surface area contributed by atoms with E-state index < -0.39 is 0 Å². The van der Waals surface area contributed by atoms with Crippen molar-refractivity contribution < 1.29 is 4.79 Å². The maximum absolute atomic E-state index is 13.1. The summed E-state index contributed by atoms with van der Waals surface area (Å²) in [5.74, 6) is -0.228. The van der Waals surface area contributed by atoms with Crippen molar-refractivity contribution in [2.45, 2.75) is 45.7 Å². The second-order valence-electron chi connectivity index (χ2n) is 7.98. The molecule has 6 nitrogen and oxygen atoms in total. The molecule has 0 saturated carbocycles. The van der Waals surface area contributed by atoms with Crippen LogP contribution < -0.4 is 16.8 Å². The molecule has 1 unspecified atom stereocenters. The molecule has 1 atom stereocenters. The normalized spacial score (nSPS) is 13.0. The van der Waals surface area contributed by atoms with Gasteiger partial charge < -0.3 is 16.8 Å². The number of hydrogen-bond donors (Lipinski definition) is 3. The molecule has 2 aromatic rings. The van der Waals surface area contributed by atoms with E-state index in [1.165, 1.54) is 18.0 Å². The first-order valence-corrected chi connectivity index (χ1v) is 10.5. The van der Waals surface area contributed by atoms with Gasteiger partial charge in [0, 0.05) is 33.3 Å². The molecule has 0 bridgehead atoms. The van der Waals surface area contributed by atoms with Crippen LogP contribution in [0.2, 0.25) is 0 Å². The Morgan fingerprint density at radius 2 is 2.03 bits per heavy atom. The van der Waals surface area contributed by atoms with Crippen molar-refractivity contribution in [3.8, 4) is 0 Å². The Labute approximate surface area is 183 Å². The smallest absolute Gasteiger partial charge is 0.273 e. The molecular formula is C23H31N5OS. The van der Waals surface area contributed by atoms with Crippen molar-refractivity contribution >= 4 is 28.3 Å². The summed E-state index contributed by atoms with van der Waals surface area (Å²) in [5, 5.41) is 7.49. The van der Waals surface area contributed by atoms with E-state index in [-0.39, 0.29) is 17.5 Å². The van der Waals surface area contributed by atoms with Crippen molar-refractivity contribution in [3.63, 3.8) is 0 Å². The Morgan fingerprint density at radius 3 is 2.63 bits per heavy atom. The van der Waals surface area contributed by atoms with Gasteiger partial charge in [0.2, 0.25) is 0 Å². The first-order chi connectivity index (χ1) is 14.1. The zero-order valence-corrected chi connectivity index (χ0v) is 18.9. The maximum Gasteiger partial charge on any atom is 0.273 e. The first-order valence-electron chi connectivity index (χ1n) is 9.71. The number of nitrogens with zero attached hydrogens (tertiary/aromatic N) is 2. The molecule has 0 radical (unpaired) electrons. The maximum atomic E-state index is 13.1. The van der Waals surface area contributed by atoms with Crippen LogP contribution in [0.5, 0.6) is 0 Å². The van der Waals surface area contributed by atoms with E-state index in [4.69, 9.17) is 11.5 Å². The molecule has 1 amide bonds. The van der Waals surface area contributed by atoms with Crippen molar-refractivity contribution in [2.75, 3.05) is 5.32 Å². The summed E-state index contributed by atoms with van der Waals surface area (Å²) in [6, 6.07) is 9.06. The third-order valence-electron chi connectivity index (χ3n) is 4.37. The molecule has 1 aromatic carbocycles. The summed E-state index contributed by atoms with van der Waals surface area (Å²) in [7, 11) is 0. The van der Waals surface area contributed by atoms with Gasteiger partial charge in [-0.05, 0) is 46.2 Å². The fraction of sp³-hybridized carbons (Fsp3) is 0.304. The summed E-state index contributed by atoms with van der Waals surface area (Å²) in [5.41, 5.74) is 14.4. The molecule has 0 spiro atoms. The van der Waals surface area contributed by atoms with Gasteiger partial charge in [-0.25, -0.2) is 0 Å². The monoisotopic (exact) mass is 425 g/mol. The van der Waals surface area contributed by atoms with Gasteiger partial charge in [0.25, 0.3) is 5.91 Å². The lowest BCUT2D eigenvalue weighted by atomic mass is 10.1. The molecule has 1 aromatic heterocycles. The number of aromatic nitrogens is 2. The van der Waals surface area contributed by atoms with Crippen molar-refractivity contribution in [3.05, 3.63) is 77.6 Å². The summed E-state index contributed by atoms with van der Waals surface area (Å²) in [6.07, 6.45) is 3.86. The van der Waals surface area contributed by atoms with E-state index in [1.54, 1.807) is 16.8 Å². The number of nitrogens with two attached hydrogens (primary N) is 2. The Morgan fingerprint density at radius 1 is 1.37 bits per heavy atom. The van der Waals surface area contributed by atoms with Crippen LogP contribution in [-0.2, 0) is 5.54 Å². The summed E-state index contributed by atoms with van der Waals surface area (Å²) in [6.45, 7) is 15.8. The fourth-order valence-electron chi connectivity index (χ4n) is 2.92. The number of amides is 1. The van der Waals surface area contributed by atoms with Crippen LogP contribution in [0.4, 0.5) is 5.69 Å². The van der Waals surface area contributed by atoms with Crippen LogP contribution in [0.1, 0.15) is 48.9 Å².